The lowest BCUT2D eigenvalue weighted by molar-refractivity contribution is -0.148. The number of carbonyl (C=O) groups is 2. The third-order valence-electron chi connectivity index (χ3n) is 3.64. The van der Waals surface area contributed by atoms with E-state index in [4.69, 9.17) is 28.9 Å². The molecule has 0 aliphatic carbocycles. The highest BCUT2D eigenvalue weighted by Crippen LogP contribution is 2.18. The Hall–Kier alpha value is -1.86. The van der Waals surface area contributed by atoms with Crippen LogP contribution in [0.4, 0.5) is 5.69 Å². The van der Waals surface area contributed by atoms with Gasteiger partial charge in [-0.05, 0) is 56.2 Å². The number of aliphatic carboxylic acids is 1. The van der Waals surface area contributed by atoms with Crippen molar-refractivity contribution < 1.29 is 14.7 Å². The summed E-state index contributed by atoms with van der Waals surface area (Å²) in [7, 11) is 0. The van der Waals surface area contributed by atoms with Crippen LogP contribution in [0.15, 0.2) is 24.3 Å². The molecule has 1 aromatic carbocycles. The molecule has 0 bridgehead atoms. The van der Waals surface area contributed by atoms with Gasteiger partial charge >= 0.3 is 5.97 Å². The summed E-state index contributed by atoms with van der Waals surface area (Å²) in [6.07, 6.45) is 1.18. The van der Waals surface area contributed by atoms with Gasteiger partial charge in [0.25, 0.3) is 0 Å². The van der Waals surface area contributed by atoms with Gasteiger partial charge in [-0.15, -0.1) is 0 Å². The number of carboxylic acid groups (broad SMARTS) is 1. The molecule has 0 radical (unpaired) electrons. The predicted molar refractivity (Wildman–Crippen MR) is 92.6 cm³/mol. The van der Waals surface area contributed by atoms with E-state index in [9.17, 15) is 9.59 Å². The molecule has 1 fully saturated rings. The number of nitrogens with one attached hydrogen (secondary N) is 2. The number of nitrogens with zero attached hydrogens (tertiary/aromatic N) is 1. The summed E-state index contributed by atoms with van der Waals surface area (Å²) >= 11 is 11.0. The molecule has 1 aliphatic rings. The van der Waals surface area contributed by atoms with E-state index in [1.54, 1.807) is 31.2 Å². The molecule has 8 heteroatoms. The van der Waals surface area contributed by atoms with Crippen molar-refractivity contribution in [2.75, 3.05) is 11.9 Å². The highest BCUT2D eigenvalue weighted by atomic mass is 35.5. The standard InChI is InChI=1S/C15H18ClN3O3S/c1-9(13(20)19-8-2-3-12(19)14(21)22)17-15(23)18-11-6-4-10(16)5-7-11/h4-7,9,12H,2-3,8H2,1H3,(H,21,22)(H2,17,18,23). The first-order valence-corrected chi connectivity index (χ1v) is 8.03. The maximum atomic E-state index is 12.4. The van der Waals surface area contributed by atoms with Crippen LogP contribution in [0.5, 0.6) is 0 Å². The number of thiocarbonyl (C=S) groups is 1. The summed E-state index contributed by atoms with van der Waals surface area (Å²) in [5, 5.41) is 15.9. The van der Waals surface area contributed by atoms with Gasteiger partial charge in [0, 0.05) is 17.3 Å². The summed E-state index contributed by atoms with van der Waals surface area (Å²) < 4.78 is 0. The molecule has 1 aromatic rings. The van der Waals surface area contributed by atoms with Crippen LogP contribution in [0.1, 0.15) is 19.8 Å². The normalized spacial score (nSPS) is 18.3. The maximum absolute atomic E-state index is 12.4. The number of amides is 1. The molecule has 6 nitrogen and oxygen atoms in total. The average Bonchev–Trinajstić information content (AvgIpc) is 2.98. The third-order valence-corrected chi connectivity index (χ3v) is 4.11. The number of hydrogen-bond acceptors (Lipinski definition) is 3. The fourth-order valence-electron chi connectivity index (χ4n) is 2.49. The van der Waals surface area contributed by atoms with Gasteiger partial charge in [-0.3, -0.25) is 4.79 Å². The topological polar surface area (TPSA) is 81.7 Å². The van der Waals surface area contributed by atoms with E-state index in [0.717, 1.165) is 5.69 Å². The predicted octanol–water partition coefficient (Wildman–Crippen LogP) is 2.09. The van der Waals surface area contributed by atoms with E-state index in [1.165, 1.54) is 4.90 Å². The Bertz CT molecular complexity index is 608. The summed E-state index contributed by atoms with van der Waals surface area (Å²) in [5.74, 6) is -1.24. The summed E-state index contributed by atoms with van der Waals surface area (Å²) in [5.41, 5.74) is 0.746. The van der Waals surface area contributed by atoms with Crippen molar-refractivity contribution in [1.82, 2.24) is 10.2 Å². The molecule has 0 spiro atoms. The molecule has 2 rings (SSSR count). The molecule has 2 unspecified atom stereocenters. The number of anilines is 1. The van der Waals surface area contributed by atoms with Crippen LogP contribution in [0.25, 0.3) is 0 Å². The fourth-order valence-corrected chi connectivity index (χ4v) is 2.92. The van der Waals surface area contributed by atoms with Gasteiger partial charge in [0.2, 0.25) is 5.91 Å². The van der Waals surface area contributed by atoms with Gasteiger partial charge < -0.3 is 20.6 Å². The van der Waals surface area contributed by atoms with Gasteiger partial charge in [-0.25, -0.2) is 4.79 Å². The second-order valence-corrected chi connectivity index (χ2v) is 6.20. The molecule has 2 atom stereocenters. The van der Waals surface area contributed by atoms with E-state index < -0.39 is 18.1 Å². The second kappa shape index (κ2) is 7.61. The van der Waals surface area contributed by atoms with E-state index in [0.29, 0.717) is 29.5 Å². The monoisotopic (exact) mass is 355 g/mol. The van der Waals surface area contributed by atoms with E-state index in [1.807, 2.05) is 0 Å². The van der Waals surface area contributed by atoms with Crippen LogP contribution in [0.3, 0.4) is 0 Å². The van der Waals surface area contributed by atoms with E-state index in [2.05, 4.69) is 10.6 Å². The number of benzene rings is 1. The SMILES string of the molecule is CC(NC(=S)Nc1ccc(Cl)cc1)C(=O)N1CCCC1C(=O)O. The molecule has 1 heterocycles. The fraction of sp³-hybridized carbons (Fsp3) is 0.400. The van der Waals surface area contributed by atoms with Crippen LogP contribution in [-0.4, -0.2) is 45.6 Å². The van der Waals surface area contributed by atoms with Gasteiger partial charge in [0.15, 0.2) is 5.11 Å². The molecule has 1 saturated heterocycles. The highest BCUT2D eigenvalue weighted by molar-refractivity contribution is 7.80. The van der Waals surface area contributed by atoms with Gasteiger partial charge in [-0.2, -0.15) is 0 Å². The summed E-state index contributed by atoms with van der Waals surface area (Å²) in [6.45, 7) is 2.12. The third kappa shape index (κ3) is 4.56. The van der Waals surface area contributed by atoms with Gasteiger partial charge in [-0.1, -0.05) is 11.6 Å². The lowest BCUT2D eigenvalue weighted by atomic mass is 10.2. The van der Waals surface area contributed by atoms with Crippen molar-refractivity contribution in [3.05, 3.63) is 29.3 Å². The summed E-state index contributed by atoms with van der Waals surface area (Å²) in [6, 6.07) is 5.63. The van der Waals surface area contributed by atoms with Crippen LogP contribution in [0, 0.1) is 0 Å². The average molecular weight is 356 g/mol. The first-order valence-electron chi connectivity index (χ1n) is 7.25. The number of likely N-dealkylation sites (tertiary alicyclic amines) is 1. The van der Waals surface area contributed by atoms with Gasteiger partial charge in [0.1, 0.15) is 12.1 Å². The Morgan fingerprint density at radius 3 is 2.65 bits per heavy atom. The smallest absolute Gasteiger partial charge is 0.326 e. The molecule has 0 saturated carbocycles. The zero-order valence-electron chi connectivity index (χ0n) is 12.6. The largest absolute Gasteiger partial charge is 0.480 e. The van der Waals surface area contributed by atoms with Crippen molar-refractivity contribution in [1.29, 1.82) is 0 Å². The highest BCUT2D eigenvalue weighted by Gasteiger charge is 2.35. The minimum atomic E-state index is -0.968. The molecule has 1 amide bonds. The molecule has 3 N–H and O–H groups in total. The quantitative estimate of drug-likeness (QED) is 0.717. The van der Waals surface area contributed by atoms with Gasteiger partial charge in [0.05, 0.1) is 0 Å². The Balaban J connectivity index is 1.91. The van der Waals surface area contributed by atoms with Crippen molar-refractivity contribution >= 4 is 46.5 Å². The van der Waals surface area contributed by atoms with E-state index in [-0.39, 0.29) is 5.91 Å². The van der Waals surface area contributed by atoms with Crippen LogP contribution >= 0.6 is 23.8 Å². The van der Waals surface area contributed by atoms with Crippen molar-refractivity contribution in [3.63, 3.8) is 0 Å². The minimum absolute atomic E-state index is 0.268. The lowest BCUT2D eigenvalue weighted by Gasteiger charge is -2.26. The Kier molecular flexibility index (Phi) is 5.79. The van der Waals surface area contributed by atoms with Crippen LogP contribution in [0.2, 0.25) is 5.02 Å². The number of carboxylic acids is 1. The number of hydrogen-bond donors (Lipinski definition) is 3. The summed E-state index contributed by atoms with van der Waals surface area (Å²) in [4.78, 5) is 24.9. The molecule has 23 heavy (non-hydrogen) atoms. The van der Waals surface area contributed by atoms with Crippen LogP contribution in [-0.2, 0) is 9.59 Å². The molecular weight excluding hydrogens is 338 g/mol. The Morgan fingerprint density at radius 2 is 2.04 bits per heavy atom. The molecule has 1 aliphatic heterocycles. The number of carbonyl (C=O) groups excluding carboxylic acids is 1. The minimum Gasteiger partial charge on any atom is -0.480 e. The first kappa shape index (κ1) is 17.5. The molecule has 124 valence electrons. The van der Waals surface area contributed by atoms with Crippen molar-refractivity contribution in [3.8, 4) is 0 Å². The number of rotatable bonds is 4. The van der Waals surface area contributed by atoms with Crippen molar-refractivity contribution in [2.45, 2.75) is 31.8 Å². The second-order valence-electron chi connectivity index (χ2n) is 5.35. The first-order chi connectivity index (χ1) is 10.9. The molecular formula is C15H18ClN3O3S. The zero-order chi connectivity index (χ0) is 17.0. The lowest BCUT2D eigenvalue weighted by Crippen LogP contribution is -2.51. The van der Waals surface area contributed by atoms with Crippen molar-refractivity contribution in [2.24, 2.45) is 0 Å². The maximum Gasteiger partial charge on any atom is 0.326 e. The van der Waals surface area contributed by atoms with Crippen LogP contribution < -0.4 is 10.6 Å². The molecule has 0 aromatic heterocycles. The van der Waals surface area contributed by atoms with E-state index >= 15 is 0 Å². The zero-order valence-corrected chi connectivity index (χ0v) is 14.2. The number of halogens is 1. The Morgan fingerprint density at radius 1 is 1.39 bits per heavy atom. The Labute approximate surface area is 144 Å².